The number of piperidine rings is 1. The summed E-state index contributed by atoms with van der Waals surface area (Å²) >= 11 is 0. The zero-order valence-corrected chi connectivity index (χ0v) is 15.0. The maximum Gasteiger partial charge on any atom is 0.321 e. The number of anilines is 1. The lowest BCUT2D eigenvalue weighted by Gasteiger charge is -2.32. The molecule has 136 valence electrons. The van der Waals surface area contributed by atoms with E-state index in [-0.39, 0.29) is 6.03 Å². The summed E-state index contributed by atoms with van der Waals surface area (Å²) in [5, 5.41) is 3.03. The molecular weight excluding hydrogens is 328 g/mol. The largest absolute Gasteiger partial charge is 0.496 e. The van der Waals surface area contributed by atoms with Crippen LogP contribution in [0.15, 0.2) is 42.5 Å². The molecule has 0 bridgehead atoms. The van der Waals surface area contributed by atoms with Crippen LogP contribution in [-0.4, -0.2) is 31.1 Å². The highest BCUT2D eigenvalue weighted by molar-refractivity contribution is 5.89. The summed E-state index contributed by atoms with van der Waals surface area (Å²) in [6.07, 6.45) is 1.90. The Balaban J connectivity index is 1.36. The van der Waals surface area contributed by atoms with Crippen LogP contribution in [0.25, 0.3) is 0 Å². The van der Waals surface area contributed by atoms with Gasteiger partial charge in [0.15, 0.2) is 0 Å². The number of nitrogens with zero attached hydrogens (tertiary/aromatic N) is 1. The molecule has 0 aliphatic carbocycles. The predicted molar refractivity (Wildman–Crippen MR) is 100 cm³/mol. The van der Waals surface area contributed by atoms with E-state index in [2.05, 4.69) is 17.4 Å². The Morgan fingerprint density at radius 3 is 2.69 bits per heavy atom. The molecule has 0 spiro atoms. The third kappa shape index (κ3) is 3.40. The third-order valence-electron chi connectivity index (χ3n) is 5.33. The number of para-hydroxylation sites is 1. The molecule has 0 unspecified atom stereocenters. The van der Waals surface area contributed by atoms with Gasteiger partial charge in [-0.2, -0.15) is 0 Å². The number of benzene rings is 2. The van der Waals surface area contributed by atoms with Crippen LogP contribution < -0.4 is 10.1 Å². The van der Waals surface area contributed by atoms with E-state index in [0.717, 1.165) is 42.9 Å². The van der Waals surface area contributed by atoms with Crippen molar-refractivity contribution in [2.45, 2.75) is 32.0 Å². The number of fused-ring (bicyclic) bond motifs is 1. The predicted octanol–water partition coefficient (Wildman–Crippen LogP) is 4.14. The summed E-state index contributed by atoms with van der Waals surface area (Å²) < 4.78 is 10.9. The molecule has 0 saturated carbocycles. The van der Waals surface area contributed by atoms with Crippen LogP contribution in [0, 0.1) is 0 Å². The molecule has 5 nitrogen and oxygen atoms in total. The van der Waals surface area contributed by atoms with E-state index in [1.54, 1.807) is 7.11 Å². The van der Waals surface area contributed by atoms with E-state index in [1.165, 1.54) is 11.1 Å². The van der Waals surface area contributed by atoms with E-state index < -0.39 is 0 Å². The van der Waals surface area contributed by atoms with Gasteiger partial charge in [0.05, 0.1) is 20.3 Å². The number of amides is 2. The van der Waals surface area contributed by atoms with Crippen molar-refractivity contribution in [2.24, 2.45) is 0 Å². The Morgan fingerprint density at radius 2 is 1.88 bits per heavy atom. The number of carbonyl (C=O) groups excluding carboxylic acids is 1. The van der Waals surface area contributed by atoms with Gasteiger partial charge in [0, 0.05) is 18.8 Å². The molecule has 2 amide bonds. The summed E-state index contributed by atoms with van der Waals surface area (Å²) in [7, 11) is 1.71. The van der Waals surface area contributed by atoms with Gasteiger partial charge in [-0.15, -0.1) is 0 Å². The molecule has 1 N–H and O–H groups in total. The molecule has 5 heteroatoms. The average molecular weight is 352 g/mol. The number of urea groups is 1. The van der Waals surface area contributed by atoms with E-state index in [4.69, 9.17) is 9.47 Å². The van der Waals surface area contributed by atoms with Crippen LogP contribution in [-0.2, 0) is 18.0 Å². The van der Waals surface area contributed by atoms with Gasteiger partial charge in [-0.3, -0.25) is 0 Å². The Morgan fingerprint density at radius 1 is 1.12 bits per heavy atom. The van der Waals surface area contributed by atoms with Crippen LogP contribution in [0.2, 0.25) is 0 Å². The van der Waals surface area contributed by atoms with Crippen LogP contribution >= 0.6 is 0 Å². The van der Waals surface area contributed by atoms with Crippen LogP contribution in [0.3, 0.4) is 0 Å². The molecule has 2 aromatic carbocycles. The lowest BCUT2D eigenvalue weighted by atomic mass is 9.89. The molecule has 2 aliphatic rings. The highest BCUT2D eigenvalue weighted by atomic mass is 16.5. The second-order valence-corrected chi connectivity index (χ2v) is 6.91. The topological polar surface area (TPSA) is 50.8 Å². The SMILES string of the molecule is COc1ccccc1C1CCN(C(=O)Nc2ccc3c(c2)COC3)CC1. The quantitative estimate of drug-likeness (QED) is 0.903. The van der Waals surface area contributed by atoms with E-state index in [9.17, 15) is 4.79 Å². The maximum absolute atomic E-state index is 12.6. The Labute approximate surface area is 153 Å². The molecular formula is C21H24N2O3. The van der Waals surface area contributed by atoms with Crippen LogP contribution in [0.4, 0.5) is 10.5 Å². The van der Waals surface area contributed by atoms with Gasteiger partial charge >= 0.3 is 6.03 Å². The van der Waals surface area contributed by atoms with Crippen LogP contribution in [0.1, 0.15) is 35.4 Å². The fourth-order valence-corrected chi connectivity index (χ4v) is 3.85. The van der Waals surface area contributed by atoms with Crippen molar-refractivity contribution in [2.75, 3.05) is 25.5 Å². The Bertz CT molecular complexity index is 798. The second-order valence-electron chi connectivity index (χ2n) is 6.91. The molecule has 0 atom stereocenters. The molecule has 2 heterocycles. The van der Waals surface area contributed by atoms with Crippen molar-refractivity contribution in [3.8, 4) is 5.75 Å². The Hall–Kier alpha value is -2.53. The molecule has 4 rings (SSSR count). The fourth-order valence-electron chi connectivity index (χ4n) is 3.85. The minimum Gasteiger partial charge on any atom is -0.496 e. The lowest BCUT2D eigenvalue weighted by Crippen LogP contribution is -2.40. The fraction of sp³-hybridized carbons (Fsp3) is 0.381. The highest BCUT2D eigenvalue weighted by Crippen LogP contribution is 2.34. The second kappa shape index (κ2) is 7.38. The number of ether oxygens (including phenoxy) is 2. The normalized spacial score (nSPS) is 17.0. The van der Waals surface area contributed by atoms with E-state index in [1.807, 2.05) is 35.2 Å². The first-order valence-corrected chi connectivity index (χ1v) is 9.13. The Kier molecular flexibility index (Phi) is 4.80. The molecule has 26 heavy (non-hydrogen) atoms. The monoisotopic (exact) mass is 352 g/mol. The number of rotatable bonds is 3. The highest BCUT2D eigenvalue weighted by Gasteiger charge is 2.25. The first-order chi connectivity index (χ1) is 12.7. The van der Waals surface area contributed by atoms with Crippen molar-refractivity contribution in [3.63, 3.8) is 0 Å². The minimum atomic E-state index is -0.0256. The van der Waals surface area contributed by atoms with Gasteiger partial charge in [0.1, 0.15) is 5.75 Å². The maximum atomic E-state index is 12.6. The van der Waals surface area contributed by atoms with Crippen molar-refractivity contribution in [1.29, 1.82) is 0 Å². The van der Waals surface area contributed by atoms with Crippen molar-refractivity contribution in [3.05, 3.63) is 59.2 Å². The first-order valence-electron chi connectivity index (χ1n) is 9.13. The third-order valence-corrected chi connectivity index (χ3v) is 5.33. The zero-order chi connectivity index (χ0) is 17.9. The van der Waals surface area contributed by atoms with Gasteiger partial charge in [0.25, 0.3) is 0 Å². The summed E-state index contributed by atoms with van der Waals surface area (Å²) in [5.41, 5.74) is 4.46. The van der Waals surface area contributed by atoms with Crippen molar-refractivity contribution < 1.29 is 14.3 Å². The number of nitrogens with one attached hydrogen (secondary N) is 1. The minimum absolute atomic E-state index is 0.0256. The van der Waals surface area contributed by atoms with Gasteiger partial charge < -0.3 is 19.7 Å². The first kappa shape index (κ1) is 16.9. The van der Waals surface area contributed by atoms with E-state index in [0.29, 0.717) is 19.1 Å². The van der Waals surface area contributed by atoms with Crippen LogP contribution in [0.5, 0.6) is 5.75 Å². The molecule has 1 fully saturated rings. The van der Waals surface area contributed by atoms with Gasteiger partial charge in [-0.25, -0.2) is 4.79 Å². The van der Waals surface area contributed by atoms with Crippen molar-refractivity contribution >= 4 is 11.7 Å². The smallest absolute Gasteiger partial charge is 0.321 e. The lowest BCUT2D eigenvalue weighted by molar-refractivity contribution is 0.134. The standard InChI is InChI=1S/C21H24N2O3/c1-25-20-5-3-2-4-19(20)15-8-10-23(11-9-15)21(24)22-18-7-6-16-13-26-14-17(16)12-18/h2-7,12,15H,8-11,13-14H2,1H3,(H,22,24). The summed E-state index contributed by atoms with van der Waals surface area (Å²) in [4.78, 5) is 14.5. The number of hydrogen-bond acceptors (Lipinski definition) is 3. The molecule has 0 radical (unpaired) electrons. The van der Waals surface area contributed by atoms with E-state index >= 15 is 0 Å². The number of carbonyl (C=O) groups is 1. The molecule has 0 aromatic heterocycles. The van der Waals surface area contributed by atoms with Gasteiger partial charge in [-0.1, -0.05) is 24.3 Å². The number of likely N-dealkylation sites (tertiary alicyclic amines) is 1. The molecule has 2 aromatic rings. The molecule has 2 aliphatic heterocycles. The van der Waals surface area contributed by atoms with Crippen molar-refractivity contribution in [1.82, 2.24) is 4.90 Å². The average Bonchev–Trinajstić information content (AvgIpc) is 3.16. The van der Waals surface area contributed by atoms with Gasteiger partial charge in [-0.05, 0) is 53.6 Å². The summed E-state index contributed by atoms with van der Waals surface area (Å²) in [5.74, 6) is 1.38. The summed E-state index contributed by atoms with van der Waals surface area (Å²) in [6.45, 7) is 2.80. The zero-order valence-electron chi connectivity index (χ0n) is 15.0. The number of methoxy groups -OCH3 is 1. The number of hydrogen-bond donors (Lipinski definition) is 1. The molecule has 1 saturated heterocycles. The summed E-state index contributed by atoms with van der Waals surface area (Å²) in [6, 6.07) is 14.2. The van der Waals surface area contributed by atoms with Gasteiger partial charge in [0.2, 0.25) is 0 Å².